The molecule has 1 aliphatic rings. The van der Waals surface area contributed by atoms with Gasteiger partial charge in [-0.2, -0.15) is 0 Å². The third-order valence-electron chi connectivity index (χ3n) is 4.38. The van der Waals surface area contributed by atoms with Gasteiger partial charge in [0.05, 0.1) is 4.90 Å². The van der Waals surface area contributed by atoms with E-state index in [9.17, 15) is 13.2 Å². The Morgan fingerprint density at radius 1 is 1.32 bits per heavy atom. The second-order valence-electron chi connectivity index (χ2n) is 6.11. The normalized spacial score (nSPS) is 22.3. The molecule has 122 valence electrons. The van der Waals surface area contributed by atoms with Gasteiger partial charge < -0.3 is 11.1 Å². The van der Waals surface area contributed by atoms with Crippen molar-refractivity contribution >= 4 is 15.7 Å². The third kappa shape index (κ3) is 3.87. The first kappa shape index (κ1) is 17.0. The lowest BCUT2D eigenvalue weighted by Crippen LogP contribution is -2.44. The van der Waals surface area contributed by atoms with Crippen molar-refractivity contribution in [2.45, 2.75) is 43.5 Å². The maximum absolute atomic E-state index is 12.4. The highest BCUT2D eigenvalue weighted by atomic mass is 32.2. The van der Waals surface area contributed by atoms with Crippen molar-refractivity contribution in [1.82, 2.24) is 5.32 Å². The molecule has 0 radical (unpaired) electrons. The zero-order valence-corrected chi connectivity index (χ0v) is 13.9. The second kappa shape index (κ2) is 6.79. The monoisotopic (exact) mass is 324 g/mol. The van der Waals surface area contributed by atoms with E-state index in [4.69, 9.17) is 5.73 Å². The first-order valence-electron chi connectivity index (χ1n) is 7.64. The van der Waals surface area contributed by atoms with E-state index >= 15 is 0 Å². The Balaban J connectivity index is 2.19. The van der Waals surface area contributed by atoms with E-state index in [1.165, 1.54) is 6.07 Å². The first-order valence-corrected chi connectivity index (χ1v) is 9.53. The summed E-state index contributed by atoms with van der Waals surface area (Å²) >= 11 is 0. The lowest BCUT2D eigenvalue weighted by Gasteiger charge is -2.31. The maximum atomic E-state index is 12.4. The number of carbonyl (C=O) groups is 1. The van der Waals surface area contributed by atoms with Crippen molar-refractivity contribution in [3.63, 3.8) is 0 Å². The van der Waals surface area contributed by atoms with Crippen molar-refractivity contribution in [3.8, 4) is 0 Å². The number of rotatable bonds is 4. The molecule has 22 heavy (non-hydrogen) atoms. The average molecular weight is 324 g/mol. The number of benzene rings is 1. The van der Waals surface area contributed by atoms with Gasteiger partial charge in [0.1, 0.15) is 0 Å². The molecular weight excluding hydrogens is 300 g/mol. The highest BCUT2D eigenvalue weighted by molar-refractivity contribution is 7.90. The molecule has 2 atom stereocenters. The maximum Gasteiger partial charge on any atom is 0.251 e. The summed E-state index contributed by atoms with van der Waals surface area (Å²) in [6.07, 6.45) is 5.35. The molecule has 1 saturated carbocycles. The Bertz CT molecular complexity index is 655. The Morgan fingerprint density at radius 3 is 2.64 bits per heavy atom. The van der Waals surface area contributed by atoms with Gasteiger partial charge in [-0.05, 0) is 49.9 Å². The van der Waals surface area contributed by atoms with E-state index in [-0.39, 0.29) is 16.8 Å². The highest BCUT2D eigenvalue weighted by Gasteiger charge is 2.26. The third-order valence-corrected chi connectivity index (χ3v) is 5.62. The van der Waals surface area contributed by atoms with Crippen LogP contribution in [-0.2, 0) is 9.84 Å². The number of sulfone groups is 1. The zero-order chi connectivity index (χ0) is 16.3. The molecular formula is C16H24N2O3S. The lowest BCUT2D eigenvalue weighted by molar-refractivity contribution is 0.0908. The van der Waals surface area contributed by atoms with E-state index < -0.39 is 9.84 Å². The van der Waals surface area contributed by atoms with Gasteiger partial charge >= 0.3 is 0 Å². The summed E-state index contributed by atoms with van der Waals surface area (Å²) in [6, 6.07) is 4.88. The van der Waals surface area contributed by atoms with Crippen LogP contribution in [0.25, 0.3) is 0 Å². The van der Waals surface area contributed by atoms with E-state index in [2.05, 4.69) is 5.32 Å². The van der Waals surface area contributed by atoms with E-state index in [1.54, 1.807) is 19.1 Å². The summed E-state index contributed by atoms with van der Waals surface area (Å²) in [5.74, 6) is 0.0766. The van der Waals surface area contributed by atoms with Gasteiger partial charge in [-0.15, -0.1) is 0 Å². The Hall–Kier alpha value is -1.40. The highest BCUT2D eigenvalue weighted by Crippen LogP contribution is 2.24. The Kier molecular flexibility index (Phi) is 5.24. The Morgan fingerprint density at radius 2 is 2.00 bits per heavy atom. The summed E-state index contributed by atoms with van der Waals surface area (Å²) in [7, 11) is -3.34. The molecule has 2 unspecified atom stereocenters. The SMILES string of the molecule is Cc1ccc(C(=O)NC2CCCCC2CN)cc1S(C)(=O)=O. The van der Waals surface area contributed by atoms with E-state index in [1.807, 2.05) is 0 Å². The number of aryl methyl sites for hydroxylation is 1. The van der Waals surface area contributed by atoms with Crippen molar-refractivity contribution in [2.75, 3.05) is 12.8 Å². The molecule has 5 nitrogen and oxygen atoms in total. The number of hydrogen-bond donors (Lipinski definition) is 2. The molecule has 1 amide bonds. The molecule has 0 bridgehead atoms. The van der Waals surface area contributed by atoms with Crippen LogP contribution < -0.4 is 11.1 Å². The minimum Gasteiger partial charge on any atom is -0.349 e. The van der Waals surface area contributed by atoms with Crippen LogP contribution in [0.2, 0.25) is 0 Å². The molecule has 0 saturated heterocycles. The smallest absolute Gasteiger partial charge is 0.251 e. The standard InChI is InChI=1S/C16H24N2O3S/c1-11-7-8-12(9-15(11)22(2,20)21)16(19)18-14-6-4-3-5-13(14)10-17/h7-9,13-14H,3-6,10,17H2,1-2H3,(H,18,19). The lowest BCUT2D eigenvalue weighted by atomic mass is 9.84. The van der Waals surface area contributed by atoms with Gasteiger partial charge in [-0.3, -0.25) is 4.79 Å². The molecule has 0 aliphatic heterocycles. The van der Waals surface area contributed by atoms with Crippen molar-refractivity contribution in [2.24, 2.45) is 11.7 Å². The molecule has 3 N–H and O–H groups in total. The molecule has 1 aliphatic carbocycles. The topological polar surface area (TPSA) is 89.3 Å². The summed E-state index contributed by atoms with van der Waals surface area (Å²) in [6.45, 7) is 2.29. The van der Waals surface area contributed by atoms with Crippen molar-refractivity contribution < 1.29 is 13.2 Å². The minimum absolute atomic E-state index is 0.0780. The van der Waals surface area contributed by atoms with Crippen LogP contribution in [-0.4, -0.2) is 33.2 Å². The summed E-state index contributed by atoms with van der Waals surface area (Å²) < 4.78 is 23.5. The van der Waals surface area contributed by atoms with Crippen LogP contribution in [0.1, 0.15) is 41.6 Å². The van der Waals surface area contributed by atoms with Crippen LogP contribution in [0, 0.1) is 12.8 Å². The molecule has 0 spiro atoms. The average Bonchev–Trinajstić information content (AvgIpc) is 2.47. The fourth-order valence-electron chi connectivity index (χ4n) is 3.07. The fourth-order valence-corrected chi connectivity index (χ4v) is 4.07. The van der Waals surface area contributed by atoms with E-state index in [0.29, 0.717) is 23.6 Å². The van der Waals surface area contributed by atoms with Crippen LogP contribution in [0.5, 0.6) is 0 Å². The van der Waals surface area contributed by atoms with E-state index in [0.717, 1.165) is 31.9 Å². The van der Waals surface area contributed by atoms with Crippen LogP contribution in [0.4, 0.5) is 0 Å². The summed E-state index contributed by atoms with van der Waals surface area (Å²) in [5, 5.41) is 3.02. The number of hydrogen-bond acceptors (Lipinski definition) is 4. The van der Waals surface area contributed by atoms with Gasteiger partial charge in [0, 0.05) is 17.9 Å². The number of nitrogens with one attached hydrogen (secondary N) is 1. The molecule has 0 heterocycles. The van der Waals surface area contributed by atoms with Gasteiger partial charge in [-0.25, -0.2) is 8.42 Å². The minimum atomic E-state index is -3.34. The van der Waals surface area contributed by atoms with Gasteiger partial charge in [0.25, 0.3) is 5.91 Å². The predicted octanol–water partition coefficient (Wildman–Crippen LogP) is 1.65. The van der Waals surface area contributed by atoms with Crippen LogP contribution >= 0.6 is 0 Å². The van der Waals surface area contributed by atoms with Crippen LogP contribution in [0.15, 0.2) is 23.1 Å². The van der Waals surface area contributed by atoms with Crippen LogP contribution in [0.3, 0.4) is 0 Å². The predicted molar refractivity (Wildman–Crippen MR) is 86.6 cm³/mol. The fraction of sp³-hybridized carbons (Fsp3) is 0.562. The Labute approximate surface area is 132 Å². The van der Waals surface area contributed by atoms with Crippen molar-refractivity contribution in [1.29, 1.82) is 0 Å². The number of nitrogens with two attached hydrogens (primary N) is 1. The van der Waals surface area contributed by atoms with Gasteiger partial charge in [-0.1, -0.05) is 18.9 Å². The largest absolute Gasteiger partial charge is 0.349 e. The first-order chi connectivity index (χ1) is 10.3. The molecule has 1 aromatic carbocycles. The van der Waals surface area contributed by atoms with Gasteiger partial charge in [0.2, 0.25) is 0 Å². The zero-order valence-electron chi connectivity index (χ0n) is 13.1. The quantitative estimate of drug-likeness (QED) is 0.881. The van der Waals surface area contributed by atoms with Gasteiger partial charge in [0.15, 0.2) is 9.84 Å². The number of amides is 1. The summed E-state index contributed by atoms with van der Waals surface area (Å²) in [4.78, 5) is 12.6. The molecule has 1 aromatic rings. The molecule has 6 heteroatoms. The molecule has 2 rings (SSSR count). The van der Waals surface area contributed by atoms with Crippen molar-refractivity contribution in [3.05, 3.63) is 29.3 Å². The number of carbonyl (C=O) groups excluding carboxylic acids is 1. The molecule has 0 aromatic heterocycles. The molecule has 1 fully saturated rings. The second-order valence-corrected chi connectivity index (χ2v) is 8.10. The summed E-state index contributed by atoms with van der Waals surface area (Å²) in [5.41, 5.74) is 6.81.